The fraction of sp³-hybridized carbons (Fsp3) is 0.400. The smallest absolute Gasteiger partial charge is 0.270 e. The number of amides is 1. The number of hydrogen-bond acceptors (Lipinski definition) is 3. The Labute approximate surface area is 117 Å². The third kappa shape index (κ3) is 2.49. The van der Waals surface area contributed by atoms with Crippen molar-refractivity contribution in [3.05, 3.63) is 30.0 Å². The molecule has 0 bridgehead atoms. The minimum atomic E-state index is 0.0251. The molecule has 1 unspecified atom stereocenters. The van der Waals surface area contributed by atoms with Crippen molar-refractivity contribution in [1.82, 2.24) is 9.88 Å². The maximum Gasteiger partial charge on any atom is 0.270 e. The van der Waals surface area contributed by atoms with Gasteiger partial charge < -0.3 is 20.4 Å². The zero-order chi connectivity index (χ0) is 14.1. The van der Waals surface area contributed by atoms with Crippen LogP contribution in [-0.2, 0) is 4.74 Å². The lowest BCUT2D eigenvalue weighted by Gasteiger charge is -2.21. The van der Waals surface area contributed by atoms with Crippen LogP contribution in [0.2, 0.25) is 0 Å². The van der Waals surface area contributed by atoms with Crippen molar-refractivity contribution in [3.8, 4) is 0 Å². The Morgan fingerprint density at radius 3 is 3.15 bits per heavy atom. The third-order valence-electron chi connectivity index (χ3n) is 3.61. The van der Waals surface area contributed by atoms with Crippen molar-refractivity contribution >= 4 is 22.5 Å². The number of hydrogen-bond donors (Lipinski definition) is 2. The van der Waals surface area contributed by atoms with Crippen molar-refractivity contribution in [2.75, 3.05) is 25.4 Å². The lowest BCUT2D eigenvalue weighted by atomic mass is 10.2. The second-order valence-electron chi connectivity index (χ2n) is 5.32. The monoisotopic (exact) mass is 273 g/mol. The molecule has 1 aliphatic rings. The number of benzene rings is 1. The third-order valence-corrected chi connectivity index (χ3v) is 3.61. The number of carbonyl (C=O) groups excluding carboxylic acids is 1. The molecule has 0 saturated carbocycles. The summed E-state index contributed by atoms with van der Waals surface area (Å²) in [6.07, 6.45) is 0.963. The van der Waals surface area contributed by atoms with Gasteiger partial charge in [-0.15, -0.1) is 0 Å². The standard InChI is InChI=1S/C15H19N3O2/c1-10-9-18(5-2-6-20-10)15(19)14-8-11-7-12(16)3-4-13(11)17-14/h3-4,7-8,10,17H,2,5-6,9,16H2,1H3. The second kappa shape index (κ2) is 5.17. The summed E-state index contributed by atoms with van der Waals surface area (Å²) in [5.41, 5.74) is 8.01. The molecule has 1 aliphatic heterocycles. The van der Waals surface area contributed by atoms with Gasteiger partial charge in [0.15, 0.2) is 0 Å². The average Bonchev–Trinajstić information content (AvgIpc) is 2.71. The first-order chi connectivity index (χ1) is 9.63. The number of aromatic amines is 1. The Kier molecular flexibility index (Phi) is 3.36. The zero-order valence-corrected chi connectivity index (χ0v) is 11.6. The number of nitrogens with zero attached hydrogens (tertiary/aromatic N) is 1. The van der Waals surface area contributed by atoms with Gasteiger partial charge in [0.25, 0.3) is 5.91 Å². The van der Waals surface area contributed by atoms with Crippen LogP contribution in [0.5, 0.6) is 0 Å². The number of nitrogens with two attached hydrogens (primary N) is 1. The van der Waals surface area contributed by atoms with Gasteiger partial charge in [-0.05, 0) is 37.6 Å². The Balaban J connectivity index is 1.87. The Morgan fingerprint density at radius 1 is 1.45 bits per heavy atom. The number of ether oxygens (including phenoxy) is 1. The molecule has 0 aliphatic carbocycles. The van der Waals surface area contributed by atoms with Crippen LogP contribution in [0.25, 0.3) is 10.9 Å². The van der Waals surface area contributed by atoms with Crippen LogP contribution < -0.4 is 5.73 Å². The number of rotatable bonds is 1. The molecule has 1 fully saturated rings. The van der Waals surface area contributed by atoms with Crippen LogP contribution in [0, 0.1) is 0 Å². The molecular weight excluding hydrogens is 254 g/mol. The van der Waals surface area contributed by atoms with Crippen molar-refractivity contribution in [2.24, 2.45) is 0 Å². The fourth-order valence-corrected chi connectivity index (χ4v) is 2.62. The Morgan fingerprint density at radius 2 is 2.30 bits per heavy atom. The van der Waals surface area contributed by atoms with E-state index in [1.54, 1.807) is 0 Å². The molecule has 1 aromatic carbocycles. The molecule has 2 heterocycles. The van der Waals surface area contributed by atoms with E-state index in [9.17, 15) is 4.79 Å². The van der Waals surface area contributed by atoms with Gasteiger partial charge in [-0.1, -0.05) is 0 Å². The van der Waals surface area contributed by atoms with Crippen LogP contribution in [0.3, 0.4) is 0 Å². The predicted molar refractivity (Wildman–Crippen MR) is 78.6 cm³/mol. The second-order valence-corrected chi connectivity index (χ2v) is 5.32. The topological polar surface area (TPSA) is 71.3 Å². The summed E-state index contributed by atoms with van der Waals surface area (Å²) in [6.45, 7) is 4.09. The summed E-state index contributed by atoms with van der Waals surface area (Å²) in [6, 6.07) is 7.46. The first-order valence-electron chi connectivity index (χ1n) is 6.92. The van der Waals surface area contributed by atoms with Crippen molar-refractivity contribution in [2.45, 2.75) is 19.4 Å². The molecule has 20 heavy (non-hydrogen) atoms. The van der Waals surface area contributed by atoms with Crippen LogP contribution in [0.4, 0.5) is 5.69 Å². The van der Waals surface area contributed by atoms with Gasteiger partial charge in [-0.2, -0.15) is 0 Å². The normalized spacial score (nSPS) is 20.1. The number of nitrogens with one attached hydrogen (secondary N) is 1. The number of fused-ring (bicyclic) bond motifs is 1. The van der Waals surface area contributed by atoms with E-state index < -0.39 is 0 Å². The minimum Gasteiger partial charge on any atom is -0.399 e. The Hall–Kier alpha value is -2.01. The first kappa shape index (κ1) is 13.0. The summed E-state index contributed by atoms with van der Waals surface area (Å²) in [5, 5.41) is 0.965. The lowest BCUT2D eigenvalue weighted by molar-refractivity contribution is 0.0560. The summed E-state index contributed by atoms with van der Waals surface area (Å²) in [7, 11) is 0. The van der Waals surface area contributed by atoms with Crippen molar-refractivity contribution < 1.29 is 9.53 Å². The fourth-order valence-electron chi connectivity index (χ4n) is 2.62. The van der Waals surface area contributed by atoms with Gasteiger partial charge in [0.2, 0.25) is 0 Å². The van der Waals surface area contributed by atoms with Gasteiger partial charge in [0.05, 0.1) is 6.10 Å². The van der Waals surface area contributed by atoms with Crippen LogP contribution in [0.15, 0.2) is 24.3 Å². The molecule has 3 N–H and O–H groups in total. The maximum atomic E-state index is 12.6. The van der Waals surface area contributed by atoms with Gasteiger partial charge in [-0.3, -0.25) is 4.79 Å². The van der Waals surface area contributed by atoms with E-state index in [2.05, 4.69) is 4.98 Å². The number of aromatic nitrogens is 1. The molecule has 1 saturated heterocycles. The molecule has 0 radical (unpaired) electrons. The quantitative estimate of drug-likeness (QED) is 0.781. The SMILES string of the molecule is CC1CN(C(=O)c2cc3cc(N)ccc3[nH]2)CCCO1. The van der Waals surface area contributed by atoms with Gasteiger partial charge in [0, 0.05) is 36.3 Å². The number of nitrogen functional groups attached to an aromatic ring is 1. The molecule has 5 heteroatoms. The van der Waals surface area contributed by atoms with Gasteiger partial charge >= 0.3 is 0 Å². The molecule has 1 amide bonds. The lowest BCUT2D eigenvalue weighted by Crippen LogP contribution is -2.36. The van der Waals surface area contributed by atoms with E-state index >= 15 is 0 Å². The molecule has 106 valence electrons. The van der Waals surface area contributed by atoms with E-state index in [0.717, 1.165) is 23.9 Å². The molecule has 5 nitrogen and oxygen atoms in total. The van der Waals surface area contributed by atoms with Crippen LogP contribution >= 0.6 is 0 Å². The van der Waals surface area contributed by atoms with E-state index in [1.165, 1.54) is 0 Å². The molecular formula is C15H19N3O2. The van der Waals surface area contributed by atoms with E-state index in [0.29, 0.717) is 24.5 Å². The van der Waals surface area contributed by atoms with Gasteiger partial charge in [0.1, 0.15) is 5.69 Å². The molecule has 2 aromatic rings. The summed E-state index contributed by atoms with van der Waals surface area (Å²) in [5.74, 6) is 0.0251. The highest BCUT2D eigenvalue weighted by Crippen LogP contribution is 2.20. The highest BCUT2D eigenvalue weighted by atomic mass is 16.5. The van der Waals surface area contributed by atoms with Crippen LogP contribution in [-0.4, -0.2) is 41.6 Å². The van der Waals surface area contributed by atoms with Crippen LogP contribution in [0.1, 0.15) is 23.8 Å². The van der Waals surface area contributed by atoms with E-state index in [4.69, 9.17) is 10.5 Å². The number of anilines is 1. The van der Waals surface area contributed by atoms with Crippen molar-refractivity contribution in [1.29, 1.82) is 0 Å². The predicted octanol–water partition coefficient (Wildman–Crippen LogP) is 2.00. The largest absolute Gasteiger partial charge is 0.399 e. The zero-order valence-electron chi connectivity index (χ0n) is 11.6. The minimum absolute atomic E-state index is 0.0251. The maximum absolute atomic E-state index is 12.6. The highest BCUT2D eigenvalue weighted by Gasteiger charge is 2.22. The summed E-state index contributed by atoms with van der Waals surface area (Å²) < 4.78 is 5.57. The first-order valence-corrected chi connectivity index (χ1v) is 6.92. The Bertz CT molecular complexity index is 635. The average molecular weight is 273 g/mol. The van der Waals surface area contributed by atoms with E-state index in [-0.39, 0.29) is 12.0 Å². The summed E-state index contributed by atoms with van der Waals surface area (Å²) >= 11 is 0. The highest BCUT2D eigenvalue weighted by molar-refractivity contribution is 5.98. The molecule has 0 spiro atoms. The van der Waals surface area contributed by atoms with Gasteiger partial charge in [-0.25, -0.2) is 0 Å². The van der Waals surface area contributed by atoms with E-state index in [1.807, 2.05) is 36.1 Å². The van der Waals surface area contributed by atoms with Crippen molar-refractivity contribution in [3.63, 3.8) is 0 Å². The number of carbonyl (C=O) groups is 1. The molecule has 1 aromatic heterocycles. The molecule has 1 atom stereocenters. The summed E-state index contributed by atoms with van der Waals surface area (Å²) in [4.78, 5) is 17.6. The number of H-pyrrole nitrogens is 1. The molecule has 3 rings (SSSR count).